The number of nitriles is 1. The molecule has 0 bridgehead atoms. The summed E-state index contributed by atoms with van der Waals surface area (Å²) in [6, 6.07) is 3.98. The van der Waals surface area contributed by atoms with Gasteiger partial charge in [0.1, 0.15) is 11.8 Å². The van der Waals surface area contributed by atoms with Gasteiger partial charge in [-0.2, -0.15) is 10.2 Å². The molecule has 0 aliphatic heterocycles. The van der Waals surface area contributed by atoms with Gasteiger partial charge in [-0.05, 0) is 37.7 Å². The molecule has 4 nitrogen and oxygen atoms in total. The Morgan fingerprint density at radius 2 is 2.17 bits per heavy atom. The normalized spacial score (nSPS) is 22.5. The molecule has 1 aromatic rings. The zero-order chi connectivity index (χ0) is 13.0. The van der Waals surface area contributed by atoms with Crippen molar-refractivity contribution < 1.29 is 4.74 Å². The molecule has 2 rings (SSSR count). The first kappa shape index (κ1) is 12.6. The van der Waals surface area contributed by atoms with Crippen molar-refractivity contribution in [1.29, 1.82) is 5.26 Å². The van der Waals surface area contributed by atoms with Crippen LogP contribution in [-0.2, 0) is 0 Å². The van der Waals surface area contributed by atoms with Gasteiger partial charge >= 0.3 is 6.01 Å². The standard InChI is InChI=1S/C14H17N3O/c1-10-5-3-4-6-12(10)9-18-14-16-11(2)7-13(8-15)17-14/h3-4,7,10,12H,5-6,9H2,1-2H3. The van der Waals surface area contributed by atoms with E-state index >= 15 is 0 Å². The average molecular weight is 243 g/mol. The predicted octanol–water partition coefficient (Wildman–Crippen LogP) is 2.64. The van der Waals surface area contributed by atoms with Crippen LogP contribution in [0.25, 0.3) is 0 Å². The Labute approximate surface area is 107 Å². The summed E-state index contributed by atoms with van der Waals surface area (Å²) in [5.41, 5.74) is 1.11. The minimum Gasteiger partial charge on any atom is -0.463 e. The molecule has 0 aromatic carbocycles. The second-order valence-electron chi connectivity index (χ2n) is 4.78. The Morgan fingerprint density at radius 3 is 2.89 bits per heavy atom. The molecule has 1 aliphatic carbocycles. The number of hydrogen-bond acceptors (Lipinski definition) is 4. The van der Waals surface area contributed by atoms with Crippen molar-refractivity contribution in [3.8, 4) is 12.1 Å². The Kier molecular flexibility index (Phi) is 3.93. The van der Waals surface area contributed by atoms with Crippen LogP contribution in [0.5, 0.6) is 6.01 Å². The van der Waals surface area contributed by atoms with Gasteiger partial charge in [0.05, 0.1) is 6.61 Å². The molecule has 1 heterocycles. The Hall–Kier alpha value is -1.89. The predicted molar refractivity (Wildman–Crippen MR) is 68.0 cm³/mol. The number of hydrogen-bond donors (Lipinski definition) is 0. The third-order valence-corrected chi connectivity index (χ3v) is 3.29. The first-order valence-electron chi connectivity index (χ1n) is 6.22. The molecule has 4 heteroatoms. The zero-order valence-corrected chi connectivity index (χ0v) is 10.8. The summed E-state index contributed by atoms with van der Waals surface area (Å²) in [5.74, 6) is 1.12. The average Bonchev–Trinajstić information content (AvgIpc) is 2.37. The van der Waals surface area contributed by atoms with Crippen LogP contribution in [0.1, 0.15) is 31.2 Å². The van der Waals surface area contributed by atoms with E-state index in [1.165, 1.54) is 0 Å². The minimum atomic E-state index is 0.313. The van der Waals surface area contributed by atoms with Gasteiger partial charge in [-0.25, -0.2) is 4.98 Å². The fourth-order valence-electron chi connectivity index (χ4n) is 2.08. The molecule has 0 amide bonds. The van der Waals surface area contributed by atoms with E-state index in [0.29, 0.717) is 30.1 Å². The highest BCUT2D eigenvalue weighted by Gasteiger charge is 2.19. The van der Waals surface area contributed by atoms with Crippen molar-refractivity contribution in [1.82, 2.24) is 9.97 Å². The first-order chi connectivity index (χ1) is 8.69. The third kappa shape index (κ3) is 3.07. The van der Waals surface area contributed by atoms with Gasteiger partial charge in [0.15, 0.2) is 0 Å². The molecule has 2 atom stereocenters. The van der Waals surface area contributed by atoms with Gasteiger partial charge in [0.2, 0.25) is 0 Å². The van der Waals surface area contributed by atoms with Crippen LogP contribution in [0.4, 0.5) is 0 Å². The minimum absolute atomic E-state index is 0.313. The second-order valence-corrected chi connectivity index (χ2v) is 4.78. The Balaban J connectivity index is 2.00. The van der Waals surface area contributed by atoms with Gasteiger partial charge < -0.3 is 4.74 Å². The summed E-state index contributed by atoms with van der Waals surface area (Å²) < 4.78 is 5.63. The summed E-state index contributed by atoms with van der Waals surface area (Å²) in [7, 11) is 0. The van der Waals surface area contributed by atoms with Crippen molar-refractivity contribution in [2.75, 3.05) is 6.61 Å². The topological polar surface area (TPSA) is 58.8 Å². The van der Waals surface area contributed by atoms with Crippen LogP contribution in [-0.4, -0.2) is 16.6 Å². The van der Waals surface area contributed by atoms with Gasteiger partial charge in [-0.15, -0.1) is 0 Å². The second kappa shape index (κ2) is 5.63. The maximum atomic E-state index is 8.84. The highest BCUT2D eigenvalue weighted by molar-refractivity contribution is 5.23. The highest BCUT2D eigenvalue weighted by Crippen LogP contribution is 2.25. The number of aromatic nitrogens is 2. The molecule has 0 saturated heterocycles. The smallest absolute Gasteiger partial charge is 0.317 e. The summed E-state index contributed by atoms with van der Waals surface area (Å²) in [4.78, 5) is 8.24. The van der Waals surface area contributed by atoms with Crippen molar-refractivity contribution in [3.05, 3.63) is 29.6 Å². The molecule has 0 N–H and O–H groups in total. The molecule has 0 saturated carbocycles. The number of nitrogens with zero attached hydrogens (tertiary/aromatic N) is 3. The van der Waals surface area contributed by atoms with Gasteiger partial charge in [0.25, 0.3) is 0 Å². The summed E-state index contributed by atoms with van der Waals surface area (Å²) >= 11 is 0. The van der Waals surface area contributed by atoms with Crippen molar-refractivity contribution in [2.24, 2.45) is 11.8 Å². The van der Waals surface area contributed by atoms with Crippen molar-refractivity contribution >= 4 is 0 Å². The molecular weight excluding hydrogens is 226 g/mol. The fourth-order valence-corrected chi connectivity index (χ4v) is 2.08. The van der Waals surface area contributed by atoms with E-state index < -0.39 is 0 Å². The lowest BCUT2D eigenvalue weighted by molar-refractivity contribution is 0.186. The third-order valence-electron chi connectivity index (χ3n) is 3.29. The number of allylic oxidation sites excluding steroid dienone is 2. The maximum absolute atomic E-state index is 8.84. The van der Waals surface area contributed by atoms with E-state index in [4.69, 9.17) is 10.00 Å². The van der Waals surface area contributed by atoms with Gasteiger partial charge in [-0.1, -0.05) is 19.1 Å². The Bertz CT molecular complexity index is 490. The summed E-state index contributed by atoms with van der Waals surface area (Å²) in [5, 5.41) is 8.84. The lowest BCUT2D eigenvalue weighted by Gasteiger charge is -2.24. The largest absolute Gasteiger partial charge is 0.463 e. The fraction of sp³-hybridized carbons (Fsp3) is 0.500. The van der Waals surface area contributed by atoms with E-state index in [-0.39, 0.29) is 0 Å². The quantitative estimate of drug-likeness (QED) is 0.766. The van der Waals surface area contributed by atoms with Crippen LogP contribution in [0, 0.1) is 30.1 Å². The van der Waals surface area contributed by atoms with Crippen molar-refractivity contribution in [2.45, 2.75) is 26.7 Å². The molecule has 94 valence electrons. The van der Waals surface area contributed by atoms with Crippen LogP contribution in [0.15, 0.2) is 18.2 Å². The zero-order valence-electron chi connectivity index (χ0n) is 10.8. The molecular formula is C14H17N3O. The lowest BCUT2D eigenvalue weighted by atomic mass is 9.85. The van der Waals surface area contributed by atoms with Crippen molar-refractivity contribution in [3.63, 3.8) is 0 Å². The molecule has 2 unspecified atom stereocenters. The monoisotopic (exact) mass is 243 g/mol. The summed E-state index contributed by atoms with van der Waals surface area (Å²) in [6.45, 7) is 4.68. The molecule has 1 aliphatic rings. The molecule has 18 heavy (non-hydrogen) atoms. The highest BCUT2D eigenvalue weighted by atomic mass is 16.5. The van der Waals surface area contributed by atoms with Gasteiger partial charge in [0, 0.05) is 5.69 Å². The van der Waals surface area contributed by atoms with E-state index in [1.54, 1.807) is 6.07 Å². The van der Waals surface area contributed by atoms with E-state index in [9.17, 15) is 0 Å². The number of rotatable bonds is 3. The molecule has 0 spiro atoms. The Morgan fingerprint density at radius 1 is 1.39 bits per heavy atom. The van der Waals surface area contributed by atoms with Crippen LogP contribution >= 0.6 is 0 Å². The van der Waals surface area contributed by atoms with Crippen LogP contribution in [0.2, 0.25) is 0 Å². The SMILES string of the molecule is Cc1cc(C#N)nc(OCC2CC=CCC2C)n1. The first-order valence-corrected chi connectivity index (χ1v) is 6.22. The molecule has 1 aromatic heterocycles. The number of ether oxygens (including phenoxy) is 1. The lowest BCUT2D eigenvalue weighted by Crippen LogP contribution is -2.21. The summed E-state index contributed by atoms with van der Waals surface area (Å²) in [6.07, 6.45) is 6.56. The number of aryl methyl sites for hydroxylation is 1. The molecule has 0 fully saturated rings. The van der Waals surface area contributed by atoms with Gasteiger partial charge in [-0.3, -0.25) is 0 Å². The van der Waals surface area contributed by atoms with Crippen LogP contribution in [0.3, 0.4) is 0 Å². The van der Waals surface area contributed by atoms with E-state index in [1.807, 2.05) is 13.0 Å². The van der Waals surface area contributed by atoms with Crippen LogP contribution < -0.4 is 4.74 Å². The van der Waals surface area contributed by atoms with E-state index in [2.05, 4.69) is 29.0 Å². The maximum Gasteiger partial charge on any atom is 0.317 e. The molecule has 0 radical (unpaired) electrons. The van der Waals surface area contributed by atoms with E-state index in [0.717, 1.165) is 18.5 Å².